The minimum atomic E-state index is -0.0333. The monoisotopic (exact) mass is 380 g/mol. The van der Waals surface area contributed by atoms with E-state index >= 15 is 0 Å². The van der Waals surface area contributed by atoms with Crippen LogP contribution in [-0.4, -0.2) is 66.4 Å². The van der Waals surface area contributed by atoms with Gasteiger partial charge in [-0.1, -0.05) is 6.92 Å². The van der Waals surface area contributed by atoms with Gasteiger partial charge in [-0.2, -0.15) is 11.8 Å². The number of nitrogens with zero attached hydrogens (tertiary/aromatic N) is 2. The van der Waals surface area contributed by atoms with Crippen molar-refractivity contribution >= 4 is 17.7 Å². The second-order valence-electron chi connectivity index (χ2n) is 7.78. The zero-order chi connectivity index (χ0) is 18.6. The molecule has 1 unspecified atom stereocenters. The van der Waals surface area contributed by atoms with E-state index in [0.717, 1.165) is 50.4 Å². The number of aliphatic hydroxyl groups is 1. The first-order chi connectivity index (χ1) is 12.6. The van der Waals surface area contributed by atoms with Gasteiger partial charge < -0.3 is 19.3 Å². The van der Waals surface area contributed by atoms with Gasteiger partial charge in [-0.15, -0.1) is 0 Å². The molecule has 0 saturated carbocycles. The number of hydrogen-bond acceptors (Lipinski definition) is 5. The largest absolute Gasteiger partial charge is 0.455 e. The van der Waals surface area contributed by atoms with Gasteiger partial charge in [0.2, 0.25) is 0 Å². The average Bonchev–Trinajstić information content (AvgIpc) is 3.13. The van der Waals surface area contributed by atoms with Gasteiger partial charge in [-0.25, -0.2) is 0 Å². The van der Waals surface area contributed by atoms with Gasteiger partial charge in [0.25, 0.3) is 5.91 Å². The van der Waals surface area contributed by atoms with Gasteiger partial charge in [0.15, 0.2) is 5.76 Å². The van der Waals surface area contributed by atoms with Crippen LogP contribution < -0.4 is 0 Å². The molecule has 0 aromatic carbocycles. The zero-order valence-corrected chi connectivity index (χ0v) is 16.9. The van der Waals surface area contributed by atoms with Crippen molar-refractivity contribution < 1.29 is 14.3 Å². The number of carbonyl (C=O) groups is 1. The van der Waals surface area contributed by atoms with E-state index in [4.69, 9.17) is 4.42 Å². The molecular formula is C20H32N2O3S. The highest BCUT2D eigenvalue weighted by molar-refractivity contribution is 7.97. The molecule has 5 nitrogen and oxygen atoms in total. The second-order valence-corrected chi connectivity index (χ2v) is 8.65. The van der Waals surface area contributed by atoms with Crippen molar-refractivity contribution in [3.63, 3.8) is 0 Å². The van der Waals surface area contributed by atoms with Crippen molar-refractivity contribution in [3.8, 4) is 0 Å². The lowest BCUT2D eigenvalue weighted by Crippen LogP contribution is -2.54. The summed E-state index contributed by atoms with van der Waals surface area (Å²) < 4.78 is 5.70. The Morgan fingerprint density at radius 2 is 2.04 bits per heavy atom. The molecule has 3 rings (SSSR count). The van der Waals surface area contributed by atoms with E-state index in [-0.39, 0.29) is 23.8 Å². The summed E-state index contributed by atoms with van der Waals surface area (Å²) >= 11 is 1.68. The summed E-state index contributed by atoms with van der Waals surface area (Å²) in [5.41, 5.74) is 0.197. The highest BCUT2D eigenvalue weighted by Gasteiger charge is 2.45. The van der Waals surface area contributed by atoms with Crippen LogP contribution in [0.15, 0.2) is 16.5 Å². The fourth-order valence-electron chi connectivity index (χ4n) is 4.61. The normalized spacial score (nSPS) is 23.5. The fourth-order valence-corrected chi connectivity index (χ4v) is 5.05. The quantitative estimate of drug-likeness (QED) is 0.822. The fraction of sp³-hybridized carbons (Fsp3) is 0.750. The molecule has 0 aliphatic carbocycles. The summed E-state index contributed by atoms with van der Waals surface area (Å²) in [6.07, 6.45) is 6.48. The van der Waals surface area contributed by atoms with Gasteiger partial charge in [0.05, 0.1) is 5.75 Å². The van der Waals surface area contributed by atoms with Crippen LogP contribution >= 0.6 is 11.8 Å². The van der Waals surface area contributed by atoms with Crippen molar-refractivity contribution in [2.45, 2.75) is 38.4 Å². The Labute approximate surface area is 161 Å². The lowest BCUT2D eigenvalue weighted by molar-refractivity contribution is -0.0357. The molecule has 1 N–H and O–H groups in total. The smallest absolute Gasteiger partial charge is 0.289 e. The molecule has 3 heterocycles. The first-order valence-corrected chi connectivity index (χ1v) is 11.2. The van der Waals surface area contributed by atoms with E-state index in [1.54, 1.807) is 17.8 Å². The molecule has 146 valence electrons. The van der Waals surface area contributed by atoms with Crippen LogP contribution in [0.25, 0.3) is 0 Å². The summed E-state index contributed by atoms with van der Waals surface area (Å²) in [6.45, 7) is 7.20. The summed E-state index contributed by atoms with van der Waals surface area (Å²) in [4.78, 5) is 17.2. The average molecular weight is 381 g/mol. The molecule has 1 spiro atoms. The lowest BCUT2D eigenvalue weighted by atomic mass is 9.64. The Morgan fingerprint density at radius 3 is 2.69 bits per heavy atom. The molecule has 1 atom stereocenters. The summed E-state index contributed by atoms with van der Waals surface area (Å²) in [5.74, 6) is 2.19. The minimum Gasteiger partial charge on any atom is -0.455 e. The number of carbonyl (C=O) groups excluding carboxylic acids is 1. The number of furan rings is 1. The molecule has 1 amide bonds. The maximum atomic E-state index is 12.8. The van der Waals surface area contributed by atoms with E-state index in [1.165, 1.54) is 13.0 Å². The van der Waals surface area contributed by atoms with Crippen LogP contribution in [-0.2, 0) is 5.75 Å². The van der Waals surface area contributed by atoms with E-state index < -0.39 is 0 Å². The zero-order valence-electron chi connectivity index (χ0n) is 16.1. The van der Waals surface area contributed by atoms with Crippen LogP contribution in [0.2, 0.25) is 0 Å². The Morgan fingerprint density at radius 1 is 1.31 bits per heavy atom. The molecule has 2 aliphatic heterocycles. The van der Waals surface area contributed by atoms with Crippen LogP contribution in [0.5, 0.6) is 0 Å². The maximum Gasteiger partial charge on any atom is 0.289 e. The third-order valence-corrected chi connectivity index (χ3v) is 6.82. The van der Waals surface area contributed by atoms with E-state index in [0.29, 0.717) is 12.3 Å². The number of aliphatic hydroxyl groups excluding tert-OH is 1. The van der Waals surface area contributed by atoms with E-state index in [1.807, 2.05) is 17.2 Å². The molecule has 6 heteroatoms. The summed E-state index contributed by atoms with van der Waals surface area (Å²) in [7, 11) is 0. The first kappa shape index (κ1) is 19.8. The number of thioether (sulfide) groups is 1. The van der Waals surface area contributed by atoms with E-state index in [9.17, 15) is 9.90 Å². The first-order valence-electron chi connectivity index (χ1n) is 9.82. The van der Waals surface area contributed by atoms with Gasteiger partial charge in [-0.05, 0) is 69.1 Å². The minimum absolute atomic E-state index is 0.0333. The highest BCUT2D eigenvalue weighted by Crippen LogP contribution is 2.45. The van der Waals surface area contributed by atoms with Gasteiger partial charge in [0.1, 0.15) is 5.76 Å². The number of hydrogen-bond donors (Lipinski definition) is 1. The topological polar surface area (TPSA) is 56.9 Å². The lowest BCUT2D eigenvalue weighted by Gasteiger charge is -2.51. The number of amides is 1. The van der Waals surface area contributed by atoms with Crippen LogP contribution in [0.4, 0.5) is 0 Å². The van der Waals surface area contributed by atoms with E-state index in [2.05, 4.69) is 11.8 Å². The standard InChI is InChI=1S/C20H32N2O3S/c1-3-9-21-10-6-20(7-11-21)8-12-22(13-16(20)14-23)19(24)18-5-4-17(25-18)15-26-2/h4-5,16,23H,3,6-15H2,1-2H3. The van der Waals surface area contributed by atoms with Crippen molar-refractivity contribution in [2.75, 3.05) is 45.6 Å². The second kappa shape index (κ2) is 8.81. The maximum absolute atomic E-state index is 12.8. The molecule has 2 saturated heterocycles. The molecule has 0 radical (unpaired) electrons. The summed E-state index contributed by atoms with van der Waals surface area (Å²) in [5, 5.41) is 10.0. The van der Waals surface area contributed by atoms with Crippen molar-refractivity contribution in [1.29, 1.82) is 0 Å². The predicted octanol–water partition coefficient (Wildman–Crippen LogP) is 3.09. The van der Waals surface area contributed by atoms with Crippen molar-refractivity contribution in [2.24, 2.45) is 11.3 Å². The van der Waals surface area contributed by atoms with Gasteiger partial charge in [0, 0.05) is 25.6 Å². The van der Waals surface area contributed by atoms with Crippen molar-refractivity contribution in [3.05, 3.63) is 23.7 Å². The number of piperidine rings is 2. The van der Waals surface area contributed by atoms with Gasteiger partial charge in [-0.3, -0.25) is 4.79 Å². The molecule has 1 aromatic rings. The highest BCUT2D eigenvalue weighted by atomic mass is 32.2. The van der Waals surface area contributed by atoms with Crippen molar-refractivity contribution in [1.82, 2.24) is 9.80 Å². The molecule has 26 heavy (non-hydrogen) atoms. The Kier molecular flexibility index (Phi) is 6.70. The Bertz CT molecular complexity index is 596. The Balaban J connectivity index is 1.63. The Hall–Kier alpha value is -0.980. The number of likely N-dealkylation sites (tertiary alicyclic amines) is 2. The SMILES string of the molecule is CCCN1CCC2(CC1)CCN(C(=O)c1ccc(CSC)o1)CC2CO. The predicted molar refractivity (Wildman–Crippen MR) is 105 cm³/mol. The third kappa shape index (κ3) is 4.12. The van der Waals surface area contributed by atoms with Crippen LogP contribution in [0, 0.1) is 11.3 Å². The molecule has 2 fully saturated rings. The van der Waals surface area contributed by atoms with Crippen LogP contribution in [0.3, 0.4) is 0 Å². The number of rotatable bonds is 6. The molecular weight excluding hydrogens is 348 g/mol. The van der Waals surface area contributed by atoms with Crippen LogP contribution in [0.1, 0.15) is 48.9 Å². The van der Waals surface area contributed by atoms with Gasteiger partial charge >= 0.3 is 0 Å². The summed E-state index contributed by atoms with van der Waals surface area (Å²) in [6, 6.07) is 3.68. The molecule has 0 bridgehead atoms. The molecule has 1 aromatic heterocycles. The molecule has 2 aliphatic rings. The third-order valence-electron chi connectivity index (χ3n) is 6.24.